The first kappa shape index (κ1) is 14.7. The zero-order chi connectivity index (χ0) is 14.5. The Labute approximate surface area is 120 Å². The van der Waals surface area contributed by atoms with E-state index in [1.165, 1.54) is 11.1 Å². The van der Waals surface area contributed by atoms with Gasteiger partial charge in [0.2, 0.25) is 0 Å². The second-order valence-corrected chi connectivity index (χ2v) is 5.32. The van der Waals surface area contributed by atoms with Crippen molar-refractivity contribution in [2.24, 2.45) is 0 Å². The molecule has 0 radical (unpaired) electrons. The molecule has 0 aliphatic carbocycles. The predicted molar refractivity (Wildman–Crippen MR) is 79.2 cm³/mol. The first-order valence-corrected chi connectivity index (χ1v) is 7.13. The number of tetrazole rings is 1. The molecule has 5 heteroatoms. The molecule has 0 spiro atoms. The summed E-state index contributed by atoms with van der Waals surface area (Å²) in [6.45, 7) is 8.07. The molecule has 1 heterocycles. The van der Waals surface area contributed by atoms with Crippen molar-refractivity contribution in [1.29, 1.82) is 0 Å². The van der Waals surface area contributed by atoms with Crippen LogP contribution in [0.4, 0.5) is 0 Å². The van der Waals surface area contributed by atoms with E-state index in [-0.39, 0.29) is 0 Å². The number of hydrogen-bond acceptors (Lipinski definition) is 4. The molecule has 2 aromatic rings. The molecule has 1 aromatic heterocycles. The summed E-state index contributed by atoms with van der Waals surface area (Å²) in [5.74, 6) is 0.924. The van der Waals surface area contributed by atoms with E-state index in [4.69, 9.17) is 0 Å². The second-order valence-electron chi connectivity index (χ2n) is 5.32. The van der Waals surface area contributed by atoms with Crippen LogP contribution in [0.1, 0.15) is 43.3 Å². The van der Waals surface area contributed by atoms with E-state index in [0.29, 0.717) is 6.04 Å². The van der Waals surface area contributed by atoms with Crippen LogP contribution in [0.25, 0.3) is 0 Å². The molecule has 108 valence electrons. The van der Waals surface area contributed by atoms with Crippen molar-refractivity contribution < 1.29 is 0 Å². The van der Waals surface area contributed by atoms with Crippen molar-refractivity contribution in [3.8, 4) is 0 Å². The van der Waals surface area contributed by atoms with Gasteiger partial charge in [0.05, 0.1) is 6.54 Å². The molecule has 0 unspecified atom stereocenters. The molecule has 0 bridgehead atoms. The van der Waals surface area contributed by atoms with Gasteiger partial charge in [0.1, 0.15) is 0 Å². The molecular formula is C15H23N5. The third kappa shape index (κ3) is 3.42. The summed E-state index contributed by atoms with van der Waals surface area (Å²) < 4.78 is 1.89. The van der Waals surface area contributed by atoms with Gasteiger partial charge in [-0.1, -0.05) is 36.8 Å². The largest absolute Gasteiger partial charge is 0.292 e. The Bertz CT molecular complexity index is 531. The van der Waals surface area contributed by atoms with Gasteiger partial charge in [-0.05, 0) is 43.3 Å². The lowest BCUT2D eigenvalue weighted by Crippen LogP contribution is -2.24. The number of aryl methyl sites for hydroxylation is 2. The van der Waals surface area contributed by atoms with E-state index >= 15 is 0 Å². The molecule has 0 N–H and O–H groups in total. The fourth-order valence-corrected chi connectivity index (χ4v) is 2.18. The van der Waals surface area contributed by atoms with Crippen molar-refractivity contribution >= 4 is 0 Å². The van der Waals surface area contributed by atoms with E-state index < -0.39 is 0 Å². The smallest absolute Gasteiger partial charge is 0.165 e. The molecule has 0 fully saturated rings. The lowest BCUT2D eigenvalue weighted by molar-refractivity contribution is 0.241. The standard InChI is InChI=1S/C15H23N5/c1-5-10-20-15(16-17-18-20)11-19(4)13(3)14-8-6-12(2)7-9-14/h6-9,13H,5,10-11H2,1-4H3/t13-/m1/s1. The van der Waals surface area contributed by atoms with Crippen LogP contribution < -0.4 is 0 Å². The van der Waals surface area contributed by atoms with Gasteiger partial charge in [-0.3, -0.25) is 4.90 Å². The molecule has 5 nitrogen and oxygen atoms in total. The summed E-state index contributed by atoms with van der Waals surface area (Å²) in [5, 5.41) is 11.9. The predicted octanol–water partition coefficient (Wildman–Crippen LogP) is 2.58. The molecule has 2 rings (SSSR count). The monoisotopic (exact) mass is 273 g/mol. The maximum Gasteiger partial charge on any atom is 0.165 e. The van der Waals surface area contributed by atoms with E-state index in [2.05, 4.69) is 72.5 Å². The molecule has 1 aromatic carbocycles. The van der Waals surface area contributed by atoms with Crippen LogP contribution in [0.5, 0.6) is 0 Å². The van der Waals surface area contributed by atoms with E-state index in [9.17, 15) is 0 Å². The zero-order valence-electron chi connectivity index (χ0n) is 12.7. The number of nitrogens with zero attached hydrogens (tertiary/aromatic N) is 5. The molecule has 20 heavy (non-hydrogen) atoms. The SMILES string of the molecule is CCCn1nnnc1CN(C)[C@H](C)c1ccc(C)cc1. The summed E-state index contributed by atoms with van der Waals surface area (Å²) in [5.41, 5.74) is 2.60. The van der Waals surface area contributed by atoms with E-state index in [1.54, 1.807) is 0 Å². The highest BCUT2D eigenvalue weighted by atomic mass is 15.5. The van der Waals surface area contributed by atoms with E-state index in [0.717, 1.165) is 25.3 Å². The van der Waals surface area contributed by atoms with Crippen LogP contribution >= 0.6 is 0 Å². The van der Waals surface area contributed by atoms with Crippen molar-refractivity contribution in [3.63, 3.8) is 0 Å². The topological polar surface area (TPSA) is 46.8 Å². The number of hydrogen-bond donors (Lipinski definition) is 0. The Morgan fingerprint density at radius 2 is 1.95 bits per heavy atom. The first-order chi connectivity index (χ1) is 9.61. The molecule has 0 amide bonds. The Morgan fingerprint density at radius 3 is 2.60 bits per heavy atom. The van der Waals surface area contributed by atoms with Gasteiger partial charge in [-0.15, -0.1) is 5.10 Å². The zero-order valence-corrected chi connectivity index (χ0v) is 12.7. The number of aromatic nitrogens is 4. The highest BCUT2D eigenvalue weighted by Gasteiger charge is 2.15. The van der Waals surface area contributed by atoms with Crippen LogP contribution in [0, 0.1) is 6.92 Å². The van der Waals surface area contributed by atoms with Gasteiger partial charge in [-0.25, -0.2) is 4.68 Å². The Balaban J connectivity index is 2.05. The third-order valence-electron chi connectivity index (χ3n) is 3.65. The summed E-state index contributed by atoms with van der Waals surface area (Å²) in [7, 11) is 2.11. The summed E-state index contributed by atoms with van der Waals surface area (Å²) in [6.07, 6.45) is 1.04. The second kappa shape index (κ2) is 6.61. The molecule has 0 aliphatic heterocycles. The number of benzene rings is 1. The van der Waals surface area contributed by atoms with Gasteiger partial charge < -0.3 is 0 Å². The minimum atomic E-state index is 0.336. The van der Waals surface area contributed by atoms with Crippen molar-refractivity contribution in [2.75, 3.05) is 7.05 Å². The Kier molecular flexibility index (Phi) is 4.84. The maximum atomic E-state index is 4.13. The van der Waals surface area contributed by atoms with Crippen LogP contribution in [0.3, 0.4) is 0 Å². The van der Waals surface area contributed by atoms with Crippen molar-refractivity contribution in [3.05, 3.63) is 41.2 Å². The number of rotatable bonds is 6. The van der Waals surface area contributed by atoms with Crippen LogP contribution in [0.2, 0.25) is 0 Å². The highest BCUT2D eigenvalue weighted by molar-refractivity contribution is 5.23. The minimum Gasteiger partial charge on any atom is -0.292 e. The Morgan fingerprint density at radius 1 is 1.25 bits per heavy atom. The third-order valence-corrected chi connectivity index (χ3v) is 3.65. The molecule has 0 aliphatic rings. The highest BCUT2D eigenvalue weighted by Crippen LogP contribution is 2.20. The summed E-state index contributed by atoms with van der Waals surface area (Å²) >= 11 is 0. The lowest BCUT2D eigenvalue weighted by Gasteiger charge is -2.24. The molecular weight excluding hydrogens is 250 g/mol. The maximum absolute atomic E-state index is 4.13. The van der Waals surface area contributed by atoms with Crippen molar-refractivity contribution in [1.82, 2.24) is 25.1 Å². The lowest BCUT2D eigenvalue weighted by atomic mass is 10.1. The average molecular weight is 273 g/mol. The van der Waals surface area contributed by atoms with Crippen LogP contribution in [0.15, 0.2) is 24.3 Å². The molecule has 0 saturated heterocycles. The van der Waals surface area contributed by atoms with Gasteiger partial charge in [-0.2, -0.15) is 0 Å². The van der Waals surface area contributed by atoms with E-state index in [1.807, 2.05) is 4.68 Å². The van der Waals surface area contributed by atoms with Gasteiger partial charge in [0.15, 0.2) is 5.82 Å². The van der Waals surface area contributed by atoms with Crippen molar-refractivity contribution in [2.45, 2.75) is 46.3 Å². The summed E-state index contributed by atoms with van der Waals surface area (Å²) in [6, 6.07) is 9.01. The quantitative estimate of drug-likeness (QED) is 0.811. The fraction of sp³-hybridized carbons (Fsp3) is 0.533. The average Bonchev–Trinajstić information content (AvgIpc) is 2.86. The van der Waals surface area contributed by atoms with Gasteiger partial charge in [0.25, 0.3) is 0 Å². The van der Waals surface area contributed by atoms with Crippen LogP contribution in [-0.2, 0) is 13.1 Å². The van der Waals surface area contributed by atoms with Gasteiger partial charge >= 0.3 is 0 Å². The minimum absolute atomic E-state index is 0.336. The van der Waals surface area contributed by atoms with Gasteiger partial charge in [0, 0.05) is 12.6 Å². The first-order valence-electron chi connectivity index (χ1n) is 7.13. The fourth-order valence-electron chi connectivity index (χ4n) is 2.18. The van der Waals surface area contributed by atoms with Crippen LogP contribution in [-0.4, -0.2) is 32.2 Å². The molecule has 1 atom stereocenters. The Hall–Kier alpha value is -1.75. The normalized spacial score (nSPS) is 12.8. The molecule has 0 saturated carbocycles. The summed E-state index contributed by atoms with van der Waals surface area (Å²) in [4.78, 5) is 2.27.